The van der Waals surface area contributed by atoms with Crippen LogP contribution in [0.25, 0.3) is 0 Å². The highest BCUT2D eigenvalue weighted by molar-refractivity contribution is 7.89. The molecular formula is C17H29N3O2S. The van der Waals surface area contributed by atoms with Gasteiger partial charge in [0.2, 0.25) is 0 Å². The van der Waals surface area contributed by atoms with Crippen LogP contribution in [0, 0.1) is 11.3 Å². The summed E-state index contributed by atoms with van der Waals surface area (Å²) in [6.45, 7) is 9.49. The Balaban J connectivity index is 1.82. The molecule has 0 aliphatic carbocycles. The van der Waals surface area contributed by atoms with E-state index in [9.17, 15) is 8.42 Å². The Labute approximate surface area is 140 Å². The summed E-state index contributed by atoms with van der Waals surface area (Å²) < 4.78 is 22.6. The van der Waals surface area contributed by atoms with Gasteiger partial charge in [-0.15, -0.1) is 0 Å². The summed E-state index contributed by atoms with van der Waals surface area (Å²) in [6, 6.07) is 8.25. The van der Waals surface area contributed by atoms with Gasteiger partial charge in [-0.3, -0.25) is 10.9 Å². The zero-order chi connectivity index (χ0) is 17.1. The van der Waals surface area contributed by atoms with Gasteiger partial charge in [-0.25, -0.2) is 8.42 Å². The minimum atomic E-state index is -2.97. The number of rotatable bonds is 6. The van der Waals surface area contributed by atoms with Crippen LogP contribution in [-0.2, 0) is 22.1 Å². The Morgan fingerprint density at radius 2 is 1.78 bits per heavy atom. The second-order valence-corrected chi connectivity index (χ2v) is 9.79. The third kappa shape index (κ3) is 5.88. The Bertz CT molecular complexity index is 606. The standard InChI is InChI=1S/C17H29N3O2S/c1-17(2,3)16-15(11-19-20-16)10-18-9-13-5-7-14(8-6-13)12-23(4,21)22/h5-8,15-16,18-20H,9-12H2,1-4H3. The minimum absolute atomic E-state index is 0.105. The highest BCUT2D eigenvalue weighted by Crippen LogP contribution is 2.26. The van der Waals surface area contributed by atoms with Crippen LogP contribution in [-0.4, -0.2) is 33.8 Å². The smallest absolute Gasteiger partial charge is 0.151 e. The van der Waals surface area contributed by atoms with Crippen LogP contribution in [0.4, 0.5) is 0 Å². The topological polar surface area (TPSA) is 70.2 Å². The summed E-state index contributed by atoms with van der Waals surface area (Å²) in [4.78, 5) is 0. The summed E-state index contributed by atoms with van der Waals surface area (Å²) in [5.74, 6) is 0.660. The van der Waals surface area contributed by atoms with E-state index in [2.05, 4.69) is 36.9 Å². The lowest BCUT2D eigenvalue weighted by Crippen LogP contribution is -2.44. The maximum absolute atomic E-state index is 11.3. The van der Waals surface area contributed by atoms with Crippen molar-refractivity contribution in [3.05, 3.63) is 35.4 Å². The largest absolute Gasteiger partial charge is 0.312 e. The minimum Gasteiger partial charge on any atom is -0.312 e. The molecule has 130 valence electrons. The molecule has 2 atom stereocenters. The Morgan fingerprint density at radius 3 is 2.35 bits per heavy atom. The third-order valence-corrected chi connectivity index (χ3v) is 5.07. The molecule has 1 aliphatic rings. The van der Waals surface area contributed by atoms with Crippen LogP contribution in [0.15, 0.2) is 24.3 Å². The predicted molar refractivity (Wildman–Crippen MR) is 94.6 cm³/mol. The average Bonchev–Trinajstić information content (AvgIpc) is 2.87. The molecule has 2 unspecified atom stereocenters. The van der Waals surface area contributed by atoms with Crippen molar-refractivity contribution in [3.63, 3.8) is 0 Å². The first-order chi connectivity index (χ1) is 10.6. The summed E-state index contributed by atoms with van der Waals surface area (Å²) in [5.41, 5.74) is 8.88. The molecule has 1 fully saturated rings. The van der Waals surface area contributed by atoms with Crippen LogP contribution in [0.2, 0.25) is 0 Å². The zero-order valence-corrected chi connectivity index (χ0v) is 15.3. The van der Waals surface area contributed by atoms with E-state index in [0.29, 0.717) is 12.0 Å². The van der Waals surface area contributed by atoms with Gasteiger partial charge >= 0.3 is 0 Å². The lowest BCUT2D eigenvalue weighted by molar-refractivity contribution is 0.235. The first-order valence-electron chi connectivity index (χ1n) is 8.10. The molecular weight excluding hydrogens is 310 g/mol. The lowest BCUT2D eigenvalue weighted by Gasteiger charge is -2.31. The number of nitrogens with one attached hydrogen (secondary N) is 3. The summed E-state index contributed by atoms with van der Waals surface area (Å²) in [5, 5.41) is 3.52. The number of sulfone groups is 1. The van der Waals surface area contributed by atoms with Crippen molar-refractivity contribution in [1.82, 2.24) is 16.2 Å². The molecule has 0 bridgehead atoms. The van der Waals surface area contributed by atoms with Gasteiger partial charge < -0.3 is 5.32 Å². The van der Waals surface area contributed by atoms with E-state index < -0.39 is 9.84 Å². The fourth-order valence-electron chi connectivity index (χ4n) is 3.11. The van der Waals surface area contributed by atoms with Crippen molar-refractivity contribution in [2.24, 2.45) is 11.3 Å². The number of benzene rings is 1. The SMILES string of the molecule is CC(C)(C)C1NNCC1CNCc1ccc(CS(C)(=O)=O)cc1. The third-order valence-electron chi connectivity index (χ3n) is 4.21. The van der Waals surface area contributed by atoms with Gasteiger partial charge in [0.05, 0.1) is 5.75 Å². The van der Waals surface area contributed by atoms with Gasteiger partial charge in [0.1, 0.15) is 0 Å². The van der Waals surface area contributed by atoms with E-state index >= 15 is 0 Å². The highest BCUT2D eigenvalue weighted by Gasteiger charge is 2.35. The maximum Gasteiger partial charge on any atom is 0.151 e. The Kier molecular flexibility index (Phi) is 5.84. The van der Waals surface area contributed by atoms with E-state index in [1.54, 1.807) is 0 Å². The maximum atomic E-state index is 11.3. The number of hydrogen-bond donors (Lipinski definition) is 3. The molecule has 0 amide bonds. The number of hydrogen-bond acceptors (Lipinski definition) is 5. The van der Waals surface area contributed by atoms with E-state index in [1.165, 1.54) is 11.8 Å². The molecule has 1 aromatic rings. The van der Waals surface area contributed by atoms with Crippen LogP contribution in [0.5, 0.6) is 0 Å². The molecule has 0 aromatic heterocycles. The van der Waals surface area contributed by atoms with Crippen molar-refractivity contribution >= 4 is 9.84 Å². The van der Waals surface area contributed by atoms with Gasteiger partial charge in [-0.05, 0) is 16.5 Å². The van der Waals surface area contributed by atoms with E-state index in [-0.39, 0.29) is 11.2 Å². The molecule has 5 nitrogen and oxygen atoms in total. The van der Waals surface area contributed by atoms with E-state index in [4.69, 9.17) is 0 Å². The first kappa shape index (κ1) is 18.4. The molecule has 3 N–H and O–H groups in total. The van der Waals surface area contributed by atoms with Gasteiger partial charge in [-0.2, -0.15) is 0 Å². The van der Waals surface area contributed by atoms with Crippen molar-refractivity contribution in [3.8, 4) is 0 Å². The molecule has 1 aliphatic heterocycles. The molecule has 23 heavy (non-hydrogen) atoms. The van der Waals surface area contributed by atoms with Crippen LogP contribution >= 0.6 is 0 Å². The Morgan fingerprint density at radius 1 is 1.17 bits per heavy atom. The summed E-state index contributed by atoms with van der Waals surface area (Å²) >= 11 is 0. The van der Waals surface area contributed by atoms with Gasteiger partial charge in [0.15, 0.2) is 9.84 Å². The normalized spacial score (nSPS) is 22.4. The molecule has 0 spiro atoms. The second-order valence-electron chi connectivity index (χ2n) is 7.65. The molecule has 6 heteroatoms. The van der Waals surface area contributed by atoms with Crippen LogP contribution < -0.4 is 16.2 Å². The van der Waals surface area contributed by atoms with Crippen LogP contribution in [0.1, 0.15) is 31.9 Å². The van der Waals surface area contributed by atoms with Crippen molar-refractivity contribution in [1.29, 1.82) is 0 Å². The molecule has 2 rings (SSSR count). The van der Waals surface area contributed by atoms with E-state index in [0.717, 1.165) is 25.2 Å². The fraction of sp³-hybridized carbons (Fsp3) is 0.647. The average molecular weight is 340 g/mol. The molecule has 0 radical (unpaired) electrons. The van der Waals surface area contributed by atoms with Gasteiger partial charge in [0, 0.05) is 37.8 Å². The molecule has 1 heterocycles. The quantitative estimate of drug-likeness (QED) is 0.732. The van der Waals surface area contributed by atoms with Crippen molar-refractivity contribution in [2.45, 2.75) is 39.1 Å². The second kappa shape index (κ2) is 7.30. The predicted octanol–water partition coefficient (Wildman–Crippen LogP) is 1.46. The molecule has 0 saturated carbocycles. The van der Waals surface area contributed by atoms with E-state index in [1.807, 2.05) is 24.3 Å². The van der Waals surface area contributed by atoms with Crippen molar-refractivity contribution in [2.75, 3.05) is 19.3 Å². The summed E-state index contributed by atoms with van der Waals surface area (Å²) in [6.07, 6.45) is 1.26. The van der Waals surface area contributed by atoms with Crippen molar-refractivity contribution < 1.29 is 8.42 Å². The van der Waals surface area contributed by atoms with Gasteiger partial charge in [-0.1, -0.05) is 45.0 Å². The molecule has 1 aromatic carbocycles. The monoisotopic (exact) mass is 339 g/mol. The highest BCUT2D eigenvalue weighted by atomic mass is 32.2. The summed E-state index contributed by atoms with van der Waals surface area (Å²) in [7, 11) is -2.97. The van der Waals surface area contributed by atoms with Gasteiger partial charge in [0.25, 0.3) is 0 Å². The lowest BCUT2D eigenvalue weighted by atomic mass is 9.80. The first-order valence-corrected chi connectivity index (χ1v) is 10.2. The van der Waals surface area contributed by atoms with Crippen LogP contribution in [0.3, 0.4) is 0 Å². The zero-order valence-electron chi connectivity index (χ0n) is 14.5. The number of hydrazine groups is 1. The molecule has 1 saturated heterocycles. The Hall–Kier alpha value is -0.950. The fourth-order valence-corrected chi connectivity index (χ4v) is 3.91.